The Balaban J connectivity index is 1.97. The molecule has 0 bridgehead atoms. The predicted molar refractivity (Wildman–Crippen MR) is 114 cm³/mol. The number of aromatic nitrogens is 3. The first kappa shape index (κ1) is 21.0. The van der Waals surface area contributed by atoms with E-state index in [2.05, 4.69) is 38.4 Å². The molecule has 0 radical (unpaired) electrons. The van der Waals surface area contributed by atoms with Crippen LogP contribution in [-0.2, 0) is 0 Å². The van der Waals surface area contributed by atoms with Crippen LogP contribution in [0.5, 0.6) is 0 Å². The minimum absolute atomic E-state index is 0.0258. The fourth-order valence-electron chi connectivity index (χ4n) is 2.44. The van der Waals surface area contributed by atoms with Gasteiger partial charge in [-0.15, -0.1) is 0 Å². The van der Waals surface area contributed by atoms with Gasteiger partial charge in [-0.1, -0.05) is 24.4 Å². The molecule has 0 saturated heterocycles. The molecule has 3 aromatic rings. The summed E-state index contributed by atoms with van der Waals surface area (Å²) < 4.78 is 1.03. The van der Waals surface area contributed by atoms with Gasteiger partial charge < -0.3 is 10.6 Å². The van der Waals surface area contributed by atoms with Crippen molar-refractivity contribution in [2.75, 3.05) is 16.2 Å². The van der Waals surface area contributed by atoms with Gasteiger partial charge >= 0.3 is 6.03 Å². The number of nitrogens with one attached hydrogen (secondary N) is 2. The Morgan fingerprint density at radius 3 is 2.83 bits per heavy atom. The van der Waals surface area contributed by atoms with E-state index in [1.54, 1.807) is 19.1 Å². The topological polar surface area (TPSA) is 150 Å². The first-order valence-electron chi connectivity index (χ1n) is 8.39. The number of nitriles is 1. The van der Waals surface area contributed by atoms with Crippen LogP contribution in [0.25, 0.3) is 11.2 Å². The maximum Gasteiger partial charge on any atom is 0.333 e. The Bertz CT molecular complexity index is 1200. The van der Waals surface area contributed by atoms with Gasteiger partial charge in [0.1, 0.15) is 17.4 Å². The predicted octanol–water partition coefficient (Wildman–Crippen LogP) is 3.58. The van der Waals surface area contributed by atoms with Gasteiger partial charge in [0.05, 0.1) is 27.4 Å². The number of fused-ring (bicyclic) bond motifs is 1. The molecule has 2 aromatic heterocycles. The van der Waals surface area contributed by atoms with Gasteiger partial charge in [0.25, 0.3) is 5.69 Å². The van der Waals surface area contributed by atoms with E-state index in [9.17, 15) is 20.2 Å². The van der Waals surface area contributed by atoms with Gasteiger partial charge in [-0.3, -0.25) is 10.1 Å². The van der Waals surface area contributed by atoms with Crippen LogP contribution in [0.3, 0.4) is 0 Å². The largest absolute Gasteiger partial charge is 0.337 e. The molecule has 0 atom stereocenters. The second-order valence-corrected chi connectivity index (χ2v) is 6.57. The number of hydrogen-bond donors (Lipinski definition) is 3. The molecule has 30 heavy (non-hydrogen) atoms. The number of thiol groups is 1. The van der Waals surface area contributed by atoms with Crippen molar-refractivity contribution in [2.24, 2.45) is 0 Å². The van der Waals surface area contributed by atoms with Gasteiger partial charge in [-0.25, -0.2) is 24.1 Å². The number of carbonyl (C=O) groups is 1. The van der Waals surface area contributed by atoms with Crippen molar-refractivity contribution in [3.05, 3.63) is 51.2 Å². The average Bonchev–Trinajstić information content (AvgIpc) is 2.73. The van der Waals surface area contributed by atoms with Crippen molar-refractivity contribution < 1.29 is 9.72 Å². The molecule has 2 amide bonds. The lowest BCUT2D eigenvalue weighted by Crippen LogP contribution is -2.34. The normalized spacial score (nSPS) is 10.3. The quantitative estimate of drug-likeness (QED) is 0.307. The summed E-state index contributed by atoms with van der Waals surface area (Å²) in [5.41, 5.74) is 0.468. The lowest BCUT2D eigenvalue weighted by molar-refractivity contribution is -0.384. The molecule has 0 aliphatic carbocycles. The highest BCUT2D eigenvalue weighted by Crippen LogP contribution is 2.33. The molecule has 13 heteroatoms. The number of anilines is 3. The number of urea groups is 1. The van der Waals surface area contributed by atoms with E-state index < -0.39 is 11.0 Å². The van der Waals surface area contributed by atoms with Crippen molar-refractivity contribution in [2.45, 2.75) is 6.92 Å². The number of nitro groups is 1. The smallest absolute Gasteiger partial charge is 0.333 e. The van der Waals surface area contributed by atoms with Crippen LogP contribution in [0.2, 0.25) is 5.02 Å². The van der Waals surface area contributed by atoms with Crippen LogP contribution < -0.4 is 14.9 Å². The zero-order valence-corrected chi connectivity index (χ0v) is 17.0. The van der Waals surface area contributed by atoms with Crippen LogP contribution >= 0.6 is 24.4 Å². The molecule has 0 spiro atoms. The van der Waals surface area contributed by atoms with E-state index >= 15 is 0 Å². The van der Waals surface area contributed by atoms with Crippen LogP contribution in [0, 0.1) is 21.4 Å². The Labute approximate surface area is 180 Å². The van der Waals surface area contributed by atoms with Crippen molar-refractivity contribution >= 4 is 64.6 Å². The Hall–Kier alpha value is -3.69. The maximum atomic E-state index is 11.9. The summed E-state index contributed by atoms with van der Waals surface area (Å²) in [4.78, 5) is 35.1. The minimum Gasteiger partial charge on any atom is -0.337 e. The molecule has 0 aliphatic rings. The Kier molecular flexibility index (Phi) is 6.14. The Morgan fingerprint density at radius 2 is 2.17 bits per heavy atom. The van der Waals surface area contributed by atoms with Crippen LogP contribution in [0.1, 0.15) is 12.5 Å². The van der Waals surface area contributed by atoms with Crippen molar-refractivity contribution in [3.8, 4) is 6.07 Å². The first-order valence-corrected chi connectivity index (χ1v) is 9.17. The van der Waals surface area contributed by atoms with E-state index in [1.807, 2.05) is 6.07 Å². The second-order valence-electron chi connectivity index (χ2n) is 5.76. The number of non-ortho nitro benzene ring substituents is 1. The number of carbonyl (C=O) groups excluding carboxylic acids is 1. The lowest BCUT2D eigenvalue weighted by Gasteiger charge is -2.15. The van der Waals surface area contributed by atoms with Gasteiger partial charge in [0.2, 0.25) is 0 Å². The number of nitrogens with zero attached hydrogens (tertiary/aromatic N) is 6. The summed E-state index contributed by atoms with van der Waals surface area (Å²) >= 11 is 10.2. The molecule has 0 saturated carbocycles. The highest BCUT2D eigenvalue weighted by molar-refractivity contribution is 7.82. The van der Waals surface area contributed by atoms with E-state index in [0.29, 0.717) is 12.1 Å². The molecular weight excluding hydrogens is 432 g/mol. The monoisotopic (exact) mass is 444 g/mol. The summed E-state index contributed by atoms with van der Waals surface area (Å²) in [6.07, 6.45) is 1.39. The average molecular weight is 445 g/mol. The first-order chi connectivity index (χ1) is 14.3. The Morgan fingerprint density at radius 1 is 1.40 bits per heavy atom. The third kappa shape index (κ3) is 4.32. The standard InChI is InChI=1S/C17H13ClN8O3S/c1-2-20-17(27)25(30)14-4-3-12-16(24-14)23-13(8-21-12)22-15-9(7-19)5-10(26(28)29)6-11(15)18/h3-6,8,30H,2H2,1H3,(H,20,27)(H,22,23,24). The van der Waals surface area contributed by atoms with Crippen molar-refractivity contribution in [3.63, 3.8) is 0 Å². The van der Waals surface area contributed by atoms with Crippen LogP contribution in [0.4, 0.5) is 27.8 Å². The summed E-state index contributed by atoms with van der Waals surface area (Å²) in [6, 6.07) is 6.82. The lowest BCUT2D eigenvalue weighted by atomic mass is 10.1. The molecule has 1 aromatic carbocycles. The van der Waals surface area contributed by atoms with E-state index in [4.69, 9.17) is 11.6 Å². The summed E-state index contributed by atoms with van der Waals surface area (Å²) in [5.74, 6) is 0.428. The van der Waals surface area contributed by atoms with Gasteiger partial charge in [-0.2, -0.15) is 5.26 Å². The molecule has 11 nitrogen and oxygen atoms in total. The highest BCUT2D eigenvalue weighted by atomic mass is 35.5. The molecule has 0 unspecified atom stereocenters. The second kappa shape index (κ2) is 8.76. The molecule has 3 rings (SSSR count). The molecule has 0 fully saturated rings. The zero-order valence-electron chi connectivity index (χ0n) is 15.3. The molecule has 2 N–H and O–H groups in total. The third-order valence-electron chi connectivity index (χ3n) is 3.79. The SMILES string of the molecule is CCNC(=O)N(S)c1ccc2ncc(Nc3c(Cl)cc([N+](=O)[O-])cc3C#N)nc2n1. The maximum absolute atomic E-state index is 11.9. The van der Waals surface area contributed by atoms with Crippen LogP contribution in [0.15, 0.2) is 30.5 Å². The number of halogens is 1. The van der Waals surface area contributed by atoms with Gasteiger partial charge in [0, 0.05) is 18.7 Å². The highest BCUT2D eigenvalue weighted by Gasteiger charge is 2.17. The van der Waals surface area contributed by atoms with Crippen molar-refractivity contribution in [1.82, 2.24) is 20.3 Å². The van der Waals surface area contributed by atoms with Gasteiger partial charge in [0.15, 0.2) is 11.5 Å². The third-order valence-corrected chi connectivity index (χ3v) is 4.47. The summed E-state index contributed by atoms with van der Waals surface area (Å²) in [6.45, 7) is 2.20. The number of benzene rings is 1. The fourth-order valence-corrected chi connectivity index (χ4v) is 2.88. The number of nitro benzene ring substituents is 1. The summed E-state index contributed by atoms with van der Waals surface area (Å²) in [5, 5.41) is 25.7. The number of rotatable bonds is 5. The van der Waals surface area contributed by atoms with Gasteiger partial charge in [-0.05, 0) is 19.1 Å². The van der Waals surface area contributed by atoms with Crippen molar-refractivity contribution in [1.29, 1.82) is 5.26 Å². The molecule has 0 aliphatic heterocycles. The minimum atomic E-state index is -0.643. The molecule has 152 valence electrons. The van der Waals surface area contributed by atoms with E-state index in [-0.39, 0.29) is 39.2 Å². The molecular formula is C17H13ClN8O3S. The number of pyridine rings is 1. The molecule has 2 heterocycles. The summed E-state index contributed by atoms with van der Waals surface area (Å²) in [7, 11) is 0. The number of amides is 2. The van der Waals surface area contributed by atoms with Crippen LogP contribution in [-0.4, -0.2) is 32.5 Å². The fraction of sp³-hybridized carbons (Fsp3) is 0.118. The van der Waals surface area contributed by atoms with E-state index in [1.165, 1.54) is 6.20 Å². The van der Waals surface area contributed by atoms with E-state index in [0.717, 1.165) is 16.4 Å². The zero-order chi connectivity index (χ0) is 21.8. The number of hydrogen-bond acceptors (Lipinski definition) is 9.